The molecule has 0 spiro atoms. The number of pyridine rings is 1. The van der Waals surface area contributed by atoms with Crippen LogP contribution in [0.4, 0.5) is 5.82 Å². The molecule has 1 aromatic heterocycles. The summed E-state index contributed by atoms with van der Waals surface area (Å²) < 4.78 is 38.4. The molecule has 1 amide bonds. The Morgan fingerprint density at radius 3 is 2.69 bits per heavy atom. The topological polar surface area (TPSA) is 97.8 Å². The standard InChI is InChI=1S/C23H29N3O5S/c27-23(19-8-4-9-20(16-19)32(28,29)26-12-14-30-15-13-26)25-22-21(10-5-11-24-22)31-17-18-6-2-1-3-7-18/h4-5,8-11,16,18H,1-3,6-7,12-15,17H2,(H,24,25,27). The van der Waals surface area contributed by atoms with Crippen LogP contribution in [-0.4, -0.2) is 56.5 Å². The van der Waals surface area contributed by atoms with E-state index < -0.39 is 15.9 Å². The molecule has 2 aromatic rings. The molecule has 4 rings (SSSR count). The van der Waals surface area contributed by atoms with Crippen LogP contribution in [-0.2, 0) is 14.8 Å². The minimum atomic E-state index is -3.69. The van der Waals surface area contributed by atoms with E-state index in [1.165, 1.54) is 35.7 Å². The van der Waals surface area contributed by atoms with Gasteiger partial charge in [-0.2, -0.15) is 4.31 Å². The molecule has 1 aliphatic heterocycles. The van der Waals surface area contributed by atoms with Gasteiger partial charge in [0.1, 0.15) is 0 Å². The Hall–Kier alpha value is -2.49. The molecule has 8 nitrogen and oxygen atoms in total. The van der Waals surface area contributed by atoms with Crippen molar-refractivity contribution in [3.05, 3.63) is 48.2 Å². The Bertz CT molecular complexity index is 1030. The number of carbonyl (C=O) groups is 1. The Labute approximate surface area is 189 Å². The molecule has 0 unspecified atom stereocenters. The van der Waals surface area contributed by atoms with Crippen LogP contribution in [0.25, 0.3) is 0 Å². The summed E-state index contributed by atoms with van der Waals surface area (Å²) in [7, 11) is -3.69. The molecule has 1 aromatic carbocycles. The molecule has 32 heavy (non-hydrogen) atoms. The quantitative estimate of drug-likeness (QED) is 0.682. The second kappa shape index (κ2) is 10.4. The van der Waals surface area contributed by atoms with Crippen LogP contribution in [0.2, 0.25) is 0 Å². The van der Waals surface area contributed by atoms with Gasteiger partial charge in [-0.1, -0.05) is 25.3 Å². The third kappa shape index (κ3) is 5.46. The smallest absolute Gasteiger partial charge is 0.256 e. The van der Waals surface area contributed by atoms with Crippen molar-refractivity contribution in [3.63, 3.8) is 0 Å². The van der Waals surface area contributed by atoms with E-state index in [1.54, 1.807) is 30.5 Å². The summed E-state index contributed by atoms with van der Waals surface area (Å²) in [5.41, 5.74) is 0.239. The lowest BCUT2D eigenvalue weighted by atomic mass is 9.90. The van der Waals surface area contributed by atoms with Crippen LogP contribution in [0.3, 0.4) is 0 Å². The summed E-state index contributed by atoms with van der Waals surface area (Å²) in [4.78, 5) is 17.2. The van der Waals surface area contributed by atoms with Crippen molar-refractivity contribution < 1.29 is 22.7 Å². The van der Waals surface area contributed by atoms with E-state index in [4.69, 9.17) is 9.47 Å². The first-order chi connectivity index (χ1) is 15.5. The average Bonchev–Trinajstić information content (AvgIpc) is 2.85. The van der Waals surface area contributed by atoms with Crippen molar-refractivity contribution in [2.75, 3.05) is 38.2 Å². The lowest BCUT2D eigenvalue weighted by Gasteiger charge is -2.26. The fraction of sp³-hybridized carbons (Fsp3) is 0.478. The zero-order valence-electron chi connectivity index (χ0n) is 18.0. The molecular weight excluding hydrogens is 430 g/mol. The van der Waals surface area contributed by atoms with E-state index in [9.17, 15) is 13.2 Å². The second-order valence-electron chi connectivity index (χ2n) is 8.16. The molecule has 2 heterocycles. The monoisotopic (exact) mass is 459 g/mol. The first-order valence-corrected chi connectivity index (χ1v) is 12.6. The summed E-state index contributed by atoms with van der Waals surface area (Å²) in [5, 5.41) is 2.77. The molecule has 0 atom stereocenters. The average molecular weight is 460 g/mol. The zero-order chi connectivity index (χ0) is 22.4. The normalized spacial score (nSPS) is 18.2. The van der Waals surface area contributed by atoms with E-state index in [0.717, 1.165) is 12.8 Å². The van der Waals surface area contributed by atoms with Crippen LogP contribution >= 0.6 is 0 Å². The Morgan fingerprint density at radius 1 is 1.12 bits per heavy atom. The van der Waals surface area contributed by atoms with Gasteiger partial charge in [-0.3, -0.25) is 4.79 Å². The SMILES string of the molecule is O=C(Nc1ncccc1OCC1CCCCC1)c1cccc(S(=O)(=O)N2CCOCC2)c1. The van der Waals surface area contributed by atoms with E-state index in [-0.39, 0.29) is 10.5 Å². The van der Waals surface area contributed by atoms with Crippen molar-refractivity contribution in [2.24, 2.45) is 5.92 Å². The van der Waals surface area contributed by atoms with E-state index in [2.05, 4.69) is 10.3 Å². The number of rotatable bonds is 7. The molecule has 1 N–H and O–H groups in total. The lowest BCUT2D eigenvalue weighted by Crippen LogP contribution is -2.40. The number of anilines is 1. The predicted octanol–water partition coefficient (Wildman–Crippen LogP) is 3.31. The van der Waals surface area contributed by atoms with Crippen molar-refractivity contribution in [3.8, 4) is 5.75 Å². The highest BCUT2D eigenvalue weighted by Gasteiger charge is 2.27. The summed E-state index contributed by atoms with van der Waals surface area (Å²) >= 11 is 0. The van der Waals surface area contributed by atoms with E-state index in [0.29, 0.717) is 50.4 Å². The van der Waals surface area contributed by atoms with Crippen molar-refractivity contribution >= 4 is 21.7 Å². The third-order valence-corrected chi connectivity index (χ3v) is 7.80. The Morgan fingerprint density at radius 2 is 1.91 bits per heavy atom. The molecule has 9 heteroatoms. The van der Waals surface area contributed by atoms with Gasteiger partial charge < -0.3 is 14.8 Å². The maximum Gasteiger partial charge on any atom is 0.256 e. The second-order valence-corrected chi connectivity index (χ2v) is 10.1. The third-order valence-electron chi connectivity index (χ3n) is 5.91. The summed E-state index contributed by atoms with van der Waals surface area (Å²) in [6.45, 7) is 1.93. The number of morpholine rings is 1. The largest absolute Gasteiger partial charge is 0.489 e. The molecule has 2 fully saturated rings. The van der Waals surface area contributed by atoms with Crippen LogP contribution in [0.1, 0.15) is 42.5 Å². The molecular formula is C23H29N3O5S. The van der Waals surface area contributed by atoms with Gasteiger partial charge in [-0.25, -0.2) is 13.4 Å². The van der Waals surface area contributed by atoms with Gasteiger partial charge in [-0.05, 0) is 49.1 Å². The van der Waals surface area contributed by atoms with Gasteiger partial charge in [-0.15, -0.1) is 0 Å². The summed E-state index contributed by atoms with van der Waals surface area (Å²) in [5.74, 6) is 0.929. The maximum atomic E-state index is 12.9. The van der Waals surface area contributed by atoms with Crippen LogP contribution in [0.15, 0.2) is 47.5 Å². The predicted molar refractivity (Wildman–Crippen MR) is 120 cm³/mol. The first kappa shape index (κ1) is 22.7. The highest BCUT2D eigenvalue weighted by molar-refractivity contribution is 7.89. The Balaban J connectivity index is 1.46. The maximum absolute atomic E-state index is 12.9. The molecule has 172 valence electrons. The van der Waals surface area contributed by atoms with Gasteiger partial charge in [0.15, 0.2) is 11.6 Å². The minimum Gasteiger partial charge on any atom is -0.489 e. The van der Waals surface area contributed by atoms with Crippen molar-refractivity contribution in [1.29, 1.82) is 0 Å². The van der Waals surface area contributed by atoms with Crippen molar-refractivity contribution in [2.45, 2.75) is 37.0 Å². The highest BCUT2D eigenvalue weighted by Crippen LogP contribution is 2.27. The molecule has 1 saturated heterocycles. The molecule has 0 radical (unpaired) electrons. The number of hydrogen-bond donors (Lipinski definition) is 1. The number of nitrogens with zero attached hydrogens (tertiary/aromatic N) is 2. The number of ether oxygens (including phenoxy) is 2. The number of hydrogen-bond acceptors (Lipinski definition) is 6. The molecule has 0 bridgehead atoms. The molecule has 1 saturated carbocycles. The number of sulfonamides is 1. The van der Waals surface area contributed by atoms with Crippen molar-refractivity contribution in [1.82, 2.24) is 9.29 Å². The van der Waals surface area contributed by atoms with Gasteiger partial charge >= 0.3 is 0 Å². The van der Waals surface area contributed by atoms with Gasteiger partial charge in [0.2, 0.25) is 10.0 Å². The number of carbonyl (C=O) groups excluding carboxylic acids is 1. The number of aromatic nitrogens is 1. The number of amides is 1. The van der Waals surface area contributed by atoms with Gasteiger partial charge in [0, 0.05) is 24.8 Å². The van der Waals surface area contributed by atoms with E-state index in [1.807, 2.05) is 0 Å². The minimum absolute atomic E-state index is 0.0850. The first-order valence-electron chi connectivity index (χ1n) is 11.1. The summed E-state index contributed by atoms with van der Waals surface area (Å²) in [6, 6.07) is 9.60. The Kier molecular flexibility index (Phi) is 7.39. The zero-order valence-corrected chi connectivity index (χ0v) is 18.9. The fourth-order valence-corrected chi connectivity index (χ4v) is 5.53. The van der Waals surface area contributed by atoms with Crippen LogP contribution in [0.5, 0.6) is 5.75 Å². The lowest BCUT2D eigenvalue weighted by molar-refractivity contribution is 0.0730. The molecule has 2 aliphatic rings. The fourth-order valence-electron chi connectivity index (χ4n) is 4.08. The number of nitrogens with one attached hydrogen (secondary N) is 1. The van der Waals surface area contributed by atoms with Gasteiger partial charge in [0.05, 0.1) is 24.7 Å². The molecule has 1 aliphatic carbocycles. The highest BCUT2D eigenvalue weighted by atomic mass is 32.2. The van der Waals surface area contributed by atoms with Crippen LogP contribution in [0, 0.1) is 5.92 Å². The van der Waals surface area contributed by atoms with Crippen LogP contribution < -0.4 is 10.1 Å². The summed E-state index contributed by atoms with van der Waals surface area (Å²) in [6.07, 6.45) is 7.65. The van der Waals surface area contributed by atoms with Gasteiger partial charge in [0.25, 0.3) is 5.91 Å². The number of benzene rings is 1. The van der Waals surface area contributed by atoms with E-state index >= 15 is 0 Å².